The molecule has 0 aliphatic carbocycles. The van der Waals surface area contributed by atoms with Gasteiger partial charge in [-0.2, -0.15) is 0 Å². The van der Waals surface area contributed by atoms with Gasteiger partial charge in [-0.25, -0.2) is 0 Å². The summed E-state index contributed by atoms with van der Waals surface area (Å²) >= 11 is 3.59. The molecular formula is C17H27BrN2O. The minimum absolute atomic E-state index is 0.525. The van der Waals surface area contributed by atoms with Crippen LogP contribution in [0.4, 0.5) is 5.69 Å². The van der Waals surface area contributed by atoms with E-state index in [4.69, 9.17) is 4.74 Å². The van der Waals surface area contributed by atoms with Gasteiger partial charge in [-0.3, -0.25) is 0 Å². The maximum atomic E-state index is 5.58. The normalized spacial score (nSPS) is 22.7. The number of piperazine rings is 1. The number of nitrogens with one attached hydrogen (secondary N) is 1. The van der Waals surface area contributed by atoms with Gasteiger partial charge in [0, 0.05) is 29.6 Å². The Morgan fingerprint density at radius 1 is 1.43 bits per heavy atom. The van der Waals surface area contributed by atoms with Crippen molar-refractivity contribution in [1.82, 2.24) is 5.32 Å². The van der Waals surface area contributed by atoms with E-state index in [1.807, 2.05) is 12.1 Å². The van der Waals surface area contributed by atoms with E-state index < -0.39 is 0 Å². The van der Waals surface area contributed by atoms with Crippen molar-refractivity contribution >= 4 is 21.6 Å². The van der Waals surface area contributed by atoms with Crippen LogP contribution in [-0.4, -0.2) is 32.3 Å². The highest BCUT2D eigenvalue weighted by Crippen LogP contribution is 2.34. The van der Waals surface area contributed by atoms with E-state index >= 15 is 0 Å². The third-order valence-corrected chi connectivity index (χ3v) is 4.67. The van der Waals surface area contributed by atoms with E-state index in [0.717, 1.165) is 29.7 Å². The SMILES string of the molecule is CCC1CNC(CC(C)C)CN1c1cc(Br)ccc1OC. The van der Waals surface area contributed by atoms with Crippen LogP contribution in [0.1, 0.15) is 33.6 Å². The Morgan fingerprint density at radius 3 is 2.81 bits per heavy atom. The zero-order valence-corrected chi connectivity index (χ0v) is 15.1. The summed E-state index contributed by atoms with van der Waals surface area (Å²) in [6.45, 7) is 8.93. The van der Waals surface area contributed by atoms with Crippen molar-refractivity contribution in [2.45, 2.75) is 45.7 Å². The molecule has 4 heteroatoms. The van der Waals surface area contributed by atoms with Crippen LogP contribution in [0, 0.1) is 5.92 Å². The van der Waals surface area contributed by atoms with E-state index in [0.29, 0.717) is 18.0 Å². The fourth-order valence-corrected chi connectivity index (χ4v) is 3.49. The number of hydrogen-bond acceptors (Lipinski definition) is 3. The van der Waals surface area contributed by atoms with Gasteiger partial charge in [0.15, 0.2) is 0 Å². The molecule has 1 saturated heterocycles. The van der Waals surface area contributed by atoms with Crippen LogP contribution in [0.3, 0.4) is 0 Å². The second-order valence-corrected chi connectivity index (χ2v) is 7.18. The maximum Gasteiger partial charge on any atom is 0.142 e. The summed E-state index contributed by atoms with van der Waals surface area (Å²) in [4.78, 5) is 2.52. The Hall–Kier alpha value is -0.740. The van der Waals surface area contributed by atoms with E-state index in [1.54, 1.807) is 7.11 Å². The summed E-state index contributed by atoms with van der Waals surface area (Å²) in [6.07, 6.45) is 2.35. The first-order valence-electron chi connectivity index (χ1n) is 7.88. The Bertz CT molecular complexity index is 464. The fraction of sp³-hybridized carbons (Fsp3) is 0.647. The summed E-state index contributed by atoms with van der Waals surface area (Å²) < 4.78 is 6.68. The Kier molecular flexibility index (Phi) is 5.94. The summed E-state index contributed by atoms with van der Waals surface area (Å²) in [5.41, 5.74) is 1.20. The molecular weight excluding hydrogens is 328 g/mol. The number of methoxy groups -OCH3 is 1. The van der Waals surface area contributed by atoms with Gasteiger partial charge in [0.1, 0.15) is 5.75 Å². The lowest BCUT2D eigenvalue weighted by molar-refractivity contribution is 0.339. The fourth-order valence-electron chi connectivity index (χ4n) is 3.14. The molecule has 1 heterocycles. The van der Waals surface area contributed by atoms with Crippen molar-refractivity contribution in [1.29, 1.82) is 0 Å². The highest BCUT2D eigenvalue weighted by molar-refractivity contribution is 9.10. The number of halogens is 1. The smallest absolute Gasteiger partial charge is 0.142 e. The first kappa shape index (κ1) is 16.6. The maximum absolute atomic E-state index is 5.58. The van der Waals surface area contributed by atoms with Gasteiger partial charge < -0.3 is 15.0 Å². The Labute approximate surface area is 137 Å². The van der Waals surface area contributed by atoms with E-state index in [-0.39, 0.29) is 0 Å². The lowest BCUT2D eigenvalue weighted by Gasteiger charge is -2.42. The molecule has 0 radical (unpaired) electrons. The third kappa shape index (κ3) is 4.13. The lowest BCUT2D eigenvalue weighted by atomic mass is 9.98. The Balaban J connectivity index is 2.26. The van der Waals surface area contributed by atoms with Crippen LogP contribution in [0.15, 0.2) is 22.7 Å². The quantitative estimate of drug-likeness (QED) is 0.862. The number of anilines is 1. The van der Waals surface area contributed by atoms with E-state index in [9.17, 15) is 0 Å². The van der Waals surface area contributed by atoms with Crippen molar-refractivity contribution in [2.24, 2.45) is 5.92 Å². The molecule has 21 heavy (non-hydrogen) atoms. The largest absolute Gasteiger partial charge is 0.495 e. The van der Waals surface area contributed by atoms with Gasteiger partial charge in [-0.15, -0.1) is 0 Å². The molecule has 2 unspecified atom stereocenters. The second-order valence-electron chi connectivity index (χ2n) is 6.27. The third-order valence-electron chi connectivity index (χ3n) is 4.18. The topological polar surface area (TPSA) is 24.5 Å². The van der Waals surface area contributed by atoms with Gasteiger partial charge >= 0.3 is 0 Å². The standard InChI is InChI=1S/C17H27BrN2O/c1-5-15-10-19-14(8-12(2)3)11-20(15)16-9-13(18)6-7-17(16)21-4/h6-7,9,12,14-15,19H,5,8,10-11H2,1-4H3. The van der Waals surface area contributed by atoms with Crippen LogP contribution in [0.2, 0.25) is 0 Å². The highest BCUT2D eigenvalue weighted by atomic mass is 79.9. The van der Waals surface area contributed by atoms with Crippen LogP contribution in [0.25, 0.3) is 0 Å². The lowest BCUT2D eigenvalue weighted by Crippen LogP contribution is -2.56. The molecule has 1 aromatic carbocycles. The number of rotatable bonds is 5. The van der Waals surface area contributed by atoms with Gasteiger partial charge in [0.05, 0.1) is 12.8 Å². The van der Waals surface area contributed by atoms with Gasteiger partial charge in [0.2, 0.25) is 0 Å². The van der Waals surface area contributed by atoms with Crippen LogP contribution in [0.5, 0.6) is 5.75 Å². The molecule has 0 amide bonds. The van der Waals surface area contributed by atoms with Gasteiger partial charge in [-0.05, 0) is 37.0 Å². The summed E-state index contributed by atoms with van der Waals surface area (Å²) in [6, 6.07) is 7.34. The molecule has 118 valence electrons. The van der Waals surface area contributed by atoms with Gasteiger partial charge in [0.25, 0.3) is 0 Å². The molecule has 2 rings (SSSR count). The summed E-state index contributed by atoms with van der Waals surface area (Å²) in [5.74, 6) is 1.67. The first-order valence-corrected chi connectivity index (χ1v) is 8.68. The van der Waals surface area contributed by atoms with Crippen molar-refractivity contribution < 1.29 is 4.74 Å². The first-order chi connectivity index (χ1) is 10.0. The highest BCUT2D eigenvalue weighted by Gasteiger charge is 2.29. The molecule has 0 bridgehead atoms. The molecule has 0 saturated carbocycles. The molecule has 1 aromatic rings. The average molecular weight is 355 g/mol. The molecule has 0 spiro atoms. The minimum Gasteiger partial charge on any atom is -0.495 e. The molecule has 1 aliphatic heterocycles. The minimum atomic E-state index is 0.525. The van der Waals surface area contributed by atoms with Crippen molar-refractivity contribution in [3.8, 4) is 5.75 Å². The van der Waals surface area contributed by atoms with Crippen molar-refractivity contribution in [3.05, 3.63) is 22.7 Å². The van der Waals surface area contributed by atoms with Crippen LogP contribution < -0.4 is 15.0 Å². The van der Waals surface area contributed by atoms with Crippen molar-refractivity contribution in [2.75, 3.05) is 25.1 Å². The molecule has 2 atom stereocenters. The van der Waals surface area contributed by atoms with E-state index in [1.165, 1.54) is 12.1 Å². The number of benzene rings is 1. The zero-order chi connectivity index (χ0) is 15.4. The van der Waals surface area contributed by atoms with Crippen LogP contribution in [-0.2, 0) is 0 Å². The average Bonchev–Trinajstić information content (AvgIpc) is 2.46. The van der Waals surface area contributed by atoms with Gasteiger partial charge in [-0.1, -0.05) is 36.7 Å². The molecule has 1 aliphatic rings. The predicted octanol–water partition coefficient (Wildman–Crippen LogP) is 4.06. The number of ether oxygens (including phenoxy) is 1. The monoisotopic (exact) mass is 354 g/mol. The molecule has 3 nitrogen and oxygen atoms in total. The van der Waals surface area contributed by atoms with Crippen molar-refractivity contribution in [3.63, 3.8) is 0 Å². The number of hydrogen-bond donors (Lipinski definition) is 1. The molecule has 0 aromatic heterocycles. The second kappa shape index (κ2) is 7.50. The molecule has 1 N–H and O–H groups in total. The predicted molar refractivity (Wildman–Crippen MR) is 93.4 cm³/mol. The summed E-state index contributed by atoms with van der Waals surface area (Å²) in [7, 11) is 1.75. The number of nitrogens with zero attached hydrogens (tertiary/aromatic N) is 1. The van der Waals surface area contributed by atoms with Crippen LogP contribution >= 0.6 is 15.9 Å². The zero-order valence-electron chi connectivity index (χ0n) is 13.5. The van der Waals surface area contributed by atoms with E-state index in [2.05, 4.69) is 53.0 Å². The Morgan fingerprint density at radius 2 is 2.19 bits per heavy atom. The summed E-state index contributed by atoms with van der Waals surface area (Å²) in [5, 5.41) is 3.71. The molecule has 1 fully saturated rings.